The number of benzene rings is 1. The van der Waals surface area contributed by atoms with Gasteiger partial charge in [0.15, 0.2) is 0 Å². The molecular weight excluding hydrogens is 244 g/mol. The van der Waals surface area contributed by atoms with Gasteiger partial charge in [-0.2, -0.15) is 0 Å². The van der Waals surface area contributed by atoms with Crippen molar-refractivity contribution in [1.29, 1.82) is 0 Å². The monoisotopic (exact) mass is 274 g/mol. The van der Waals surface area contributed by atoms with Gasteiger partial charge in [0.2, 0.25) is 0 Å². The Morgan fingerprint density at radius 3 is 2.75 bits per heavy atom. The van der Waals surface area contributed by atoms with Crippen molar-refractivity contribution in [1.82, 2.24) is 4.90 Å². The minimum Gasteiger partial charge on any atom is -0.323 e. The molecule has 0 aromatic heterocycles. The molecule has 1 aliphatic heterocycles. The van der Waals surface area contributed by atoms with Gasteiger partial charge in [0, 0.05) is 12.6 Å². The van der Waals surface area contributed by atoms with Gasteiger partial charge < -0.3 is 10.6 Å². The standard InChI is InChI=1S/C18H30N2/c1-4-16-6-5-10-20(11-9-16)13-18(19)17-8-7-14(2)12-15(17)3/h7-8,12,16,18H,4-6,9-11,13,19H2,1-3H3. The molecule has 1 saturated heterocycles. The molecule has 0 radical (unpaired) electrons. The van der Waals surface area contributed by atoms with E-state index in [4.69, 9.17) is 5.73 Å². The Morgan fingerprint density at radius 2 is 2.05 bits per heavy atom. The van der Waals surface area contributed by atoms with Gasteiger partial charge in [-0.1, -0.05) is 37.1 Å². The Kier molecular flexibility index (Phi) is 5.62. The molecule has 1 heterocycles. The lowest BCUT2D eigenvalue weighted by Gasteiger charge is -2.25. The van der Waals surface area contributed by atoms with E-state index in [1.165, 1.54) is 55.5 Å². The van der Waals surface area contributed by atoms with Gasteiger partial charge in [0.25, 0.3) is 0 Å². The van der Waals surface area contributed by atoms with Gasteiger partial charge in [0.1, 0.15) is 0 Å². The lowest BCUT2D eigenvalue weighted by atomic mass is 9.98. The van der Waals surface area contributed by atoms with E-state index in [1.54, 1.807) is 0 Å². The Balaban J connectivity index is 1.95. The fraction of sp³-hybridized carbons (Fsp3) is 0.667. The molecule has 0 spiro atoms. The molecule has 20 heavy (non-hydrogen) atoms. The highest BCUT2D eigenvalue weighted by atomic mass is 15.1. The number of hydrogen-bond donors (Lipinski definition) is 1. The van der Waals surface area contributed by atoms with Gasteiger partial charge in [-0.05, 0) is 63.2 Å². The number of nitrogens with two attached hydrogens (primary N) is 1. The van der Waals surface area contributed by atoms with E-state index in [0.717, 1.165) is 12.5 Å². The zero-order valence-corrected chi connectivity index (χ0v) is 13.4. The summed E-state index contributed by atoms with van der Waals surface area (Å²) >= 11 is 0. The van der Waals surface area contributed by atoms with Gasteiger partial charge in [-0.15, -0.1) is 0 Å². The van der Waals surface area contributed by atoms with Gasteiger partial charge in [0.05, 0.1) is 0 Å². The van der Waals surface area contributed by atoms with Crippen LogP contribution >= 0.6 is 0 Å². The van der Waals surface area contributed by atoms with Gasteiger partial charge in [-0.25, -0.2) is 0 Å². The first-order valence-electron chi connectivity index (χ1n) is 8.15. The second kappa shape index (κ2) is 7.24. The third-order valence-corrected chi connectivity index (χ3v) is 4.80. The first kappa shape index (κ1) is 15.5. The van der Waals surface area contributed by atoms with E-state index in [2.05, 4.69) is 43.9 Å². The van der Waals surface area contributed by atoms with E-state index in [-0.39, 0.29) is 6.04 Å². The molecule has 1 aromatic carbocycles. The summed E-state index contributed by atoms with van der Waals surface area (Å²) < 4.78 is 0. The zero-order chi connectivity index (χ0) is 14.5. The number of likely N-dealkylation sites (tertiary alicyclic amines) is 1. The molecule has 2 nitrogen and oxygen atoms in total. The Labute approximate surface area is 124 Å². The van der Waals surface area contributed by atoms with Crippen molar-refractivity contribution in [2.24, 2.45) is 11.7 Å². The highest BCUT2D eigenvalue weighted by Crippen LogP contribution is 2.23. The summed E-state index contributed by atoms with van der Waals surface area (Å²) in [6.45, 7) is 10.1. The predicted octanol–water partition coefficient (Wildman–Crippen LogP) is 3.82. The highest BCUT2D eigenvalue weighted by Gasteiger charge is 2.18. The smallest absolute Gasteiger partial charge is 0.0426 e. The third-order valence-electron chi connectivity index (χ3n) is 4.80. The third kappa shape index (κ3) is 4.07. The van der Waals surface area contributed by atoms with Crippen LogP contribution < -0.4 is 5.73 Å². The number of hydrogen-bond acceptors (Lipinski definition) is 2. The summed E-state index contributed by atoms with van der Waals surface area (Å²) in [7, 11) is 0. The van der Waals surface area contributed by atoms with Crippen LogP contribution in [0.1, 0.15) is 55.3 Å². The van der Waals surface area contributed by atoms with E-state index >= 15 is 0 Å². The van der Waals surface area contributed by atoms with Gasteiger partial charge >= 0.3 is 0 Å². The quantitative estimate of drug-likeness (QED) is 0.904. The molecule has 1 fully saturated rings. The molecule has 2 unspecified atom stereocenters. The van der Waals surface area contributed by atoms with Crippen LogP contribution in [0.15, 0.2) is 18.2 Å². The first-order valence-corrected chi connectivity index (χ1v) is 8.15. The van der Waals surface area contributed by atoms with Gasteiger partial charge in [-0.3, -0.25) is 0 Å². The van der Waals surface area contributed by atoms with Crippen LogP contribution in [0.4, 0.5) is 0 Å². The van der Waals surface area contributed by atoms with E-state index < -0.39 is 0 Å². The molecule has 2 heteroatoms. The molecule has 0 aliphatic carbocycles. The Bertz CT molecular complexity index is 427. The summed E-state index contributed by atoms with van der Waals surface area (Å²) in [4.78, 5) is 2.57. The lowest BCUT2D eigenvalue weighted by molar-refractivity contribution is 0.263. The number of rotatable bonds is 4. The highest BCUT2D eigenvalue weighted by molar-refractivity contribution is 5.32. The summed E-state index contributed by atoms with van der Waals surface area (Å²) in [5.74, 6) is 0.928. The molecular formula is C18H30N2. The average Bonchev–Trinajstić information content (AvgIpc) is 2.63. The van der Waals surface area contributed by atoms with Crippen LogP contribution in [0.25, 0.3) is 0 Å². The van der Waals surface area contributed by atoms with Crippen molar-refractivity contribution < 1.29 is 0 Å². The second-order valence-electron chi connectivity index (χ2n) is 6.47. The summed E-state index contributed by atoms with van der Waals surface area (Å²) in [5.41, 5.74) is 10.4. The molecule has 1 aromatic rings. The van der Waals surface area contributed by atoms with Crippen LogP contribution in [0, 0.1) is 19.8 Å². The van der Waals surface area contributed by atoms with Crippen molar-refractivity contribution >= 4 is 0 Å². The average molecular weight is 274 g/mol. The molecule has 0 amide bonds. The fourth-order valence-electron chi connectivity index (χ4n) is 3.43. The fourth-order valence-corrected chi connectivity index (χ4v) is 3.43. The van der Waals surface area contributed by atoms with E-state index in [1.807, 2.05) is 0 Å². The SMILES string of the molecule is CCC1CCCN(CC(N)c2ccc(C)cc2C)CC1. The molecule has 1 aliphatic rings. The Morgan fingerprint density at radius 1 is 1.25 bits per heavy atom. The van der Waals surface area contributed by atoms with Crippen molar-refractivity contribution in [3.63, 3.8) is 0 Å². The largest absolute Gasteiger partial charge is 0.323 e. The second-order valence-corrected chi connectivity index (χ2v) is 6.47. The number of aryl methyl sites for hydroxylation is 2. The summed E-state index contributed by atoms with van der Waals surface area (Å²) in [6, 6.07) is 6.78. The lowest BCUT2D eigenvalue weighted by Crippen LogP contribution is -2.33. The van der Waals surface area contributed by atoms with Crippen molar-refractivity contribution in [3.05, 3.63) is 34.9 Å². The predicted molar refractivity (Wildman–Crippen MR) is 86.9 cm³/mol. The molecule has 2 atom stereocenters. The zero-order valence-electron chi connectivity index (χ0n) is 13.4. The van der Waals surface area contributed by atoms with Crippen LogP contribution in [0.2, 0.25) is 0 Å². The molecule has 0 saturated carbocycles. The van der Waals surface area contributed by atoms with Crippen molar-refractivity contribution in [2.45, 2.75) is 52.5 Å². The maximum atomic E-state index is 6.45. The van der Waals surface area contributed by atoms with Crippen LogP contribution in [0.3, 0.4) is 0 Å². The summed E-state index contributed by atoms with van der Waals surface area (Å²) in [6.07, 6.45) is 5.40. The maximum absolute atomic E-state index is 6.45. The van der Waals surface area contributed by atoms with Crippen LogP contribution in [0.5, 0.6) is 0 Å². The summed E-state index contributed by atoms with van der Waals surface area (Å²) in [5, 5.41) is 0. The Hall–Kier alpha value is -0.860. The molecule has 2 N–H and O–H groups in total. The van der Waals surface area contributed by atoms with Crippen molar-refractivity contribution in [3.8, 4) is 0 Å². The minimum absolute atomic E-state index is 0.147. The minimum atomic E-state index is 0.147. The molecule has 0 bridgehead atoms. The van der Waals surface area contributed by atoms with E-state index in [9.17, 15) is 0 Å². The molecule has 112 valence electrons. The van der Waals surface area contributed by atoms with Crippen LogP contribution in [-0.2, 0) is 0 Å². The first-order chi connectivity index (χ1) is 9.60. The van der Waals surface area contributed by atoms with Crippen LogP contribution in [-0.4, -0.2) is 24.5 Å². The number of nitrogens with zero attached hydrogens (tertiary/aromatic N) is 1. The van der Waals surface area contributed by atoms with E-state index in [0.29, 0.717) is 0 Å². The normalized spacial score (nSPS) is 22.5. The maximum Gasteiger partial charge on any atom is 0.0426 e. The van der Waals surface area contributed by atoms with Crippen molar-refractivity contribution in [2.75, 3.05) is 19.6 Å². The molecule has 2 rings (SSSR count). The topological polar surface area (TPSA) is 29.3 Å².